The van der Waals surface area contributed by atoms with Crippen molar-refractivity contribution in [3.63, 3.8) is 0 Å². The van der Waals surface area contributed by atoms with E-state index in [1.165, 1.54) is 0 Å². The van der Waals surface area contributed by atoms with E-state index in [9.17, 15) is 9.59 Å². The van der Waals surface area contributed by atoms with Crippen molar-refractivity contribution in [2.45, 2.75) is 32.3 Å². The van der Waals surface area contributed by atoms with Crippen molar-refractivity contribution < 1.29 is 19.4 Å². The molecule has 0 saturated heterocycles. The van der Waals surface area contributed by atoms with E-state index in [0.717, 1.165) is 27.7 Å². The first-order valence-corrected chi connectivity index (χ1v) is 11.2. The van der Waals surface area contributed by atoms with Gasteiger partial charge in [0.1, 0.15) is 12.4 Å². The van der Waals surface area contributed by atoms with Gasteiger partial charge in [0.25, 0.3) is 0 Å². The Kier molecular flexibility index (Phi) is 7.50. The molecule has 1 heterocycles. The highest BCUT2D eigenvalue weighted by Gasteiger charge is 2.07. The predicted molar refractivity (Wildman–Crippen MR) is 132 cm³/mol. The van der Waals surface area contributed by atoms with E-state index in [2.05, 4.69) is 10.3 Å². The molecular formula is C28H26N2O4. The van der Waals surface area contributed by atoms with Crippen molar-refractivity contribution in [3.8, 4) is 5.75 Å². The van der Waals surface area contributed by atoms with Crippen LogP contribution in [0.5, 0.6) is 5.75 Å². The normalized spacial score (nSPS) is 10.7. The highest BCUT2D eigenvalue weighted by molar-refractivity contribution is 5.92. The van der Waals surface area contributed by atoms with Crippen LogP contribution in [0.4, 0.5) is 5.69 Å². The molecule has 0 aliphatic rings. The van der Waals surface area contributed by atoms with Gasteiger partial charge in [-0.05, 0) is 60.4 Å². The number of hydrogen-bond acceptors (Lipinski definition) is 4. The van der Waals surface area contributed by atoms with Gasteiger partial charge in [0.05, 0.1) is 17.6 Å². The molecule has 34 heavy (non-hydrogen) atoms. The summed E-state index contributed by atoms with van der Waals surface area (Å²) in [7, 11) is 0. The van der Waals surface area contributed by atoms with Crippen molar-refractivity contribution in [1.82, 2.24) is 4.98 Å². The smallest absolute Gasteiger partial charge is 0.303 e. The molecule has 0 spiro atoms. The topological polar surface area (TPSA) is 88.5 Å². The monoisotopic (exact) mass is 454 g/mol. The zero-order valence-corrected chi connectivity index (χ0v) is 18.7. The number of pyridine rings is 1. The molecule has 0 aliphatic heterocycles. The minimum absolute atomic E-state index is 0.119. The van der Waals surface area contributed by atoms with Crippen molar-refractivity contribution in [2.75, 3.05) is 5.32 Å². The number of fused-ring (bicyclic) bond motifs is 1. The molecule has 0 aliphatic carbocycles. The number of para-hydroxylation sites is 1. The molecule has 3 aromatic carbocycles. The summed E-state index contributed by atoms with van der Waals surface area (Å²) < 4.78 is 5.91. The minimum Gasteiger partial charge on any atom is -0.487 e. The number of aromatic nitrogens is 1. The van der Waals surface area contributed by atoms with E-state index in [1.807, 2.05) is 84.9 Å². The summed E-state index contributed by atoms with van der Waals surface area (Å²) in [4.78, 5) is 27.7. The number of nitrogens with zero attached hydrogens (tertiary/aromatic N) is 1. The predicted octanol–water partition coefficient (Wildman–Crippen LogP) is 5.40. The SMILES string of the molecule is O=C(O)CCCc1ccc(NC(=O)Cc2cccc(OCc3ccc4ccccc4n3)c2)cc1. The van der Waals surface area contributed by atoms with Gasteiger partial charge < -0.3 is 15.2 Å². The number of rotatable bonds is 10. The minimum atomic E-state index is -0.788. The van der Waals surface area contributed by atoms with Crippen LogP contribution in [0.25, 0.3) is 10.9 Å². The average Bonchev–Trinajstić information content (AvgIpc) is 2.84. The Morgan fingerprint density at radius 1 is 0.882 bits per heavy atom. The Labute approximate surface area is 198 Å². The lowest BCUT2D eigenvalue weighted by atomic mass is 10.1. The molecule has 0 atom stereocenters. The van der Waals surface area contributed by atoms with E-state index >= 15 is 0 Å². The zero-order valence-electron chi connectivity index (χ0n) is 18.7. The molecule has 0 saturated carbocycles. The van der Waals surface area contributed by atoms with Gasteiger partial charge in [-0.3, -0.25) is 9.59 Å². The second-order valence-corrected chi connectivity index (χ2v) is 8.10. The highest BCUT2D eigenvalue weighted by atomic mass is 16.5. The Morgan fingerprint density at radius 2 is 1.71 bits per heavy atom. The lowest BCUT2D eigenvalue weighted by molar-refractivity contribution is -0.137. The van der Waals surface area contributed by atoms with E-state index in [1.54, 1.807) is 0 Å². The summed E-state index contributed by atoms with van der Waals surface area (Å²) in [5.41, 5.74) is 4.38. The Morgan fingerprint density at radius 3 is 2.53 bits per heavy atom. The number of anilines is 1. The zero-order chi connectivity index (χ0) is 23.8. The van der Waals surface area contributed by atoms with Crippen LogP contribution in [-0.2, 0) is 29.0 Å². The molecule has 6 nitrogen and oxygen atoms in total. The van der Waals surface area contributed by atoms with Crippen molar-refractivity contribution >= 4 is 28.5 Å². The number of aryl methyl sites for hydroxylation is 1. The van der Waals surface area contributed by atoms with Crippen LogP contribution in [0.15, 0.2) is 84.9 Å². The summed E-state index contributed by atoms with van der Waals surface area (Å²) in [6, 6.07) is 26.9. The van der Waals surface area contributed by atoms with Crippen LogP contribution in [0.2, 0.25) is 0 Å². The third-order valence-corrected chi connectivity index (χ3v) is 5.40. The molecule has 4 aromatic rings. The fourth-order valence-electron chi connectivity index (χ4n) is 3.68. The lowest BCUT2D eigenvalue weighted by Gasteiger charge is -2.09. The highest BCUT2D eigenvalue weighted by Crippen LogP contribution is 2.18. The maximum atomic E-state index is 12.5. The molecule has 4 rings (SSSR count). The van der Waals surface area contributed by atoms with Gasteiger partial charge in [0.2, 0.25) is 5.91 Å². The third kappa shape index (κ3) is 6.65. The second kappa shape index (κ2) is 11.1. The molecule has 172 valence electrons. The summed E-state index contributed by atoms with van der Waals surface area (Å²) in [6.07, 6.45) is 1.67. The maximum absolute atomic E-state index is 12.5. The number of hydrogen-bond donors (Lipinski definition) is 2. The molecule has 0 bridgehead atoms. The third-order valence-electron chi connectivity index (χ3n) is 5.40. The van der Waals surface area contributed by atoms with Crippen LogP contribution in [-0.4, -0.2) is 22.0 Å². The maximum Gasteiger partial charge on any atom is 0.303 e. The molecular weight excluding hydrogens is 428 g/mol. The van der Waals surface area contributed by atoms with Crippen LogP contribution in [0.3, 0.4) is 0 Å². The fourth-order valence-corrected chi connectivity index (χ4v) is 3.68. The van der Waals surface area contributed by atoms with Gasteiger partial charge in [-0.1, -0.05) is 48.5 Å². The number of benzene rings is 3. The van der Waals surface area contributed by atoms with Gasteiger partial charge in [0.15, 0.2) is 0 Å². The fraction of sp³-hybridized carbons (Fsp3) is 0.179. The Hall–Kier alpha value is -4.19. The molecule has 2 N–H and O–H groups in total. The van der Waals surface area contributed by atoms with E-state index < -0.39 is 5.97 Å². The Bertz CT molecular complexity index is 1290. The molecule has 1 amide bonds. The number of ether oxygens (including phenoxy) is 1. The number of carboxylic acids is 1. The van der Waals surface area contributed by atoms with E-state index in [4.69, 9.17) is 9.84 Å². The summed E-state index contributed by atoms with van der Waals surface area (Å²) in [5, 5.41) is 12.7. The number of aliphatic carboxylic acids is 1. The van der Waals surface area contributed by atoms with Gasteiger partial charge in [-0.25, -0.2) is 4.98 Å². The summed E-state index contributed by atoms with van der Waals surface area (Å²) in [6.45, 7) is 0.347. The van der Waals surface area contributed by atoms with Gasteiger partial charge in [-0.15, -0.1) is 0 Å². The standard InChI is InChI=1S/C28H26N2O4/c31-27(30-23-14-11-20(12-15-23)5-4-10-28(32)33)18-21-6-3-8-25(17-21)34-19-24-16-13-22-7-1-2-9-26(22)29-24/h1-3,6-9,11-17H,4-5,10,18-19H2,(H,30,31)(H,32,33). The number of amides is 1. The van der Waals surface area contributed by atoms with E-state index in [-0.39, 0.29) is 18.7 Å². The molecule has 0 radical (unpaired) electrons. The first-order valence-electron chi connectivity index (χ1n) is 11.2. The summed E-state index contributed by atoms with van der Waals surface area (Å²) in [5.74, 6) is -0.221. The molecule has 6 heteroatoms. The van der Waals surface area contributed by atoms with Crippen LogP contribution < -0.4 is 10.1 Å². The van der Waals surface area contributed by atoms with Crippen LogP contribution >= 0.6 is 0 Å². The first-order chi connectivity index (χ1) is 16.5. The van der Waals surface area contributed by atoms with Gasteiger partial charge in [0, 0.05) is 17.5 Å². The van der Waals surface area contributed by atoms with Crippen molar-refractivity contribution in [3.05, 3.63) is 102 Å². The molecule has 0 fully saturated rings. The quantitative estimate of drug-likeness (QED) is 0.335. The van der Waals surface area contributed by atoms with Crippen molar-refractivity contribution in [2.24, 2.45) is 0 Å². The van der Waals surface area contributed by atoms with Crippen LogP contribution in [0.1, 0.15) is 29.7 Å². The van der Waals surface area contributed by atoms with Crippen molar-refractivity contribution in [1.29, 1.82) is 0 Å². The largest absolute Gasteiger partial charge is 0.487 e. The lowest BCUT2D eigenvalue weighted by Crippen LogP contribution is -2.14. The average molecular weight is 455 g/mol. The number of nitrogens with one attached hydrogen (secondary N) is 1. The molecule has 1 aromatic heterocycles. The van der Waals surface area contributed by atoms with Gasteiger partial charge >= 0.3 is 5.97 Å². The number of carbonyl (C=O) groups excluding carboxylic acids is 1. The number of carboxylic acid groups (broad SMARTS) is 1. The van der Waals surface area contributed by atoms with Crippen LogP contribution in [0, 0.1) is 0 Å². The van der Waals surface area contributed by atoms with Gasteiger partial charge in [-0.2, -0.15) is 0 Å². The number of carbonyl (C=O) groups is 2. The Balaban J connectivity index is 1.29. The van der Waals surface area contributed by atoms with E-state index in [0.29, 0.717) is 30.9 Å². The second-order valence-electron chi connectivity index (χ2n) is 8.10. The first kappa shape index (κ1) is 23.0. The summed E-state index contributed by atoms with van der Waals surface area (Å²) >= 11 is 0. The molecule has 0 unspecified atom stereocenters.